The van der Waals surface area contributed by atoms with E-state index in [0.29, 0.717) is 6.04 Å². The number of hydrogen-bond acceptors (Lipinski definition) is 3. The number of aromatic nitrogens is 2. The van der Waals surface area contributed by atoms with Crippen LogP contribution in [-0.4, -0.2) is 15.8 Å². The minimum absolute atomic E-state index is 0.301. The van der Waals surface area contributed by atoms with E-state index < -0.39 is 0 Å². The average Bonchev–Trinajstić information content (AvgIpc) is 2.76. The van der Waals surface area contributed by atoms with Crippen LogP contribution in [0.3, 0.4) is 0 Å². The summed E-state index contributed by atoms with van der Waals surface area (Å²) in [6.07, 6.45) is 3.75. The zero-order chi connectivity index (χ0) is 12.3. The fourth-order valence-corrected chi connectivity index (χ4v) is 1.80. The molecule has 3 N–H and O–H groups in total. The summed E-state index contributed by atoms with van der Waals surface area (Å²) < 4.78 is 1.92. The highest BCUT2D eigenvalue weighted by molar-refractivity contribution is 5.59. The van der Waals surface area contributed by atoms with E-state index >= 15 is 0 Å². The van der Waals surface area contributed by atoms with Crippen molar-refractivity contribution >= 4 is 11.4 Å². The third kappa shape index (κ3) is 3.00. The highest BCUT2D eigenvalue weighted by Crippen LogP contribution is 2.19. The van der Waals surface area contributed by atoms with Crippen molar-refractivity contribution in [2.24, 2.45) is 0 Å². The highest BCUT2D eigenvalue weighted by Gasteiger charge is 2.05. The second-order valence-corrected chi connectivity index (χ2v) is 4.35. The zero-order valence-corrected chi connectivity index (χ0v) is 10.2. The molecule has 0 fully saturated rings. The molecule has 0 aliphatic rings. The van der Waals surface area contributed by atoms with E-state index in [1.807, 2.05) is 35.1 Å². The molecular weight excluding hydrogens is 212 g/mol. The standard InChI is InChI=1S/C13H18N4/c1-10-4-5-12(14)8-13(10)16-11(2)9-17-7-3-6-15-17/h3-8,11,16H,9,14H2,1-2H3. The summed E-state index contributed by atoms with van der Waals surface area (Å²) in [5, 5.41) is 7.64. The van der Waals surface area contributed by atoms with Gasteiger partial charge in [-0.25, -0.2) is 0 Å². The Morgan fingerprint density at radius 2 is 2.29 bits per heavy atom. The molecule has 0 radical (unpaired) electrons. The number of nitrogen functional groups attached to an aromatic ring is 1. The van der Waals surface area contributed by atoms with Crippen molar-refractivity contribution in [3.8, 4) is 0 Å². The van der Waals surface area contributed by atoms with E-state index in [0.717, 1.165) is 17.9 Å². The van der Waals surface area contributed by atoms with Gasteiger partial charge in [-0.3, -0.25) is 4.68 Å². The van der Waals surface area contributed by atoms with Crippen molar-refractivity contribution in [2.75, 3.05) is 11.1 Å². The van der Waals surface area contributed by atoms with Crippen LogP contribution in [0.4, 0.5) is 11.4 Å². The molecule has 0 saturated heterocycles. The molecule has 2 aromatic rings. The zero-order valence-electron chi connectivity index (χ0n) is 10.2. The SMILES string of the molecule is Cc1ccc(N)cc1NC(C)Cn1cccn1. The largest absolute Gasteiger partial charge is 0.399 e. The lowest BCUT2D eigenvalue weighted by Crippen LogP contribution is -2.22. The number of nitrogens with two attached hydrogens (primary N) is 1. The summed E-state index contributed by atoms with van der Waals surface area (Å²) in [7, 11) is 0. The molecule has 1 unspecified atom stereocenters. The van der Waals surface area contributed by atoms with Crippen LogP contribution < -0.4 is 11.1 Å². The van der Waals surface area contributed by atoms with Gasteiger partial charge in [0.05, 0.1) is 6.54 Å². The molecule has 4 heteroatoms. The lowest BCUT2D eigenvalue weighted by atomic mass is 10.1. The van der Waals surface area contributed by atoms with Crippen LogP contribution in [0.15, 0.2) is 36.7 Å². The highest BCUT2D eigenvalue weighted by atomic mass is 15.3. The summed E-state index contributed by atoms with van der Waals surface area (Å²) >= 11 is 0. The third-order valence-corrected chi connectivity index (χ3v) is 2.68. The molecule has 1 atom stereocenters. The van der Waals surface area contributed by atoms with Gasteiger partial charge in [-0.2, -0.15) is 5.10 Å². The van der Waals surface area contributed by atoms with Crippen LogP contribution in [0.25, 0.3) is 0 Å². The van der Waals surface area contributed by atoms with Crippen LogP contribution in [0.5, 0.6) is 0 Å². The molecule has 0 spiro atoms. The number of nitrogens with zero attached hydrogens (tertiary/aromatic N) is 2. The predicted octanol–water partition coefficient (Wildman–Crippen LogP) is 2.27. The molecule has 0 saturated carbocycles. The number of nitrogens with one attached hydrogen (secondary N) is 1. The van der Waals surface area contributed by atoms with E-state index in [-0.39, 0.29) is 0 Å². The van der Waals surface area contributed by atoms with Crippen LogP contribution in [0.2, 0.25) is 0 Å². The maximum absolute atomic E-state index is 5.78. The van der Waals surface area contributed by atoms with Crippen molar-refractivity contribution < 1.29 is 0 Å². The first-order chi connectivity index (χ1) is 8.15. The van der Waals surface area contributed by atoms with Gasteiger partial charge >= 0.3 is 0 Å². The Labute approximate surface area is 101 Å². The van der Waals surface area contributed by atoms with Gasteiger partial charge in [0.1, 0.15) is 0 Å². The van der Waals surface area contributed by atoms with E-state index in [1.54, 1.807) is 6.20 Å². The Balaban J connectivity index is 2.02. The quantitative estimate of drug-likeness (QED) is 0.792. The van der Waals surface area contributed by atoms with Gasteiger partial charge in [0.25, 0.3) is 0 Å². The minimum Gasteiger partial charge on any atom is -0.399 e. The lowest BCUT2D eigenvalue weighted by molar-refractivity contribution is 0.560. The van der Waals surface area contributed by atoms with Crippen molar-refractivity contribution in [1.29, 1.82) is 0 Å². The van der Waals surface area contributed by atoms with Gasteiger partial charge in [0.15, 0.2) is 0 Å². The molecule has 1 aromatic heterocycles. The topological polar surface area (TPSA) is 55.9 Å². The Morgan fingerprint density at radius 1 is 1.47 bits per heavy atom. The summed E-state index contributed by atoms with van der Waals surface area (Å²) in [4.78, 5) is 0. The van der Waals surface area contributed by atoms with Gasteiger partial charge in [-0.05, 0) is 37.6 Å². The van der Waals surface area contributed by atoms with Crippen molar-refractivity contribution in [3.05, 3.63) is 42.2 Å². The fourth-order valence-electron chi connectivity index (χ4n) is 1.80. The van der Waals surface area contributed by atoms with Gasteiger partial charge < -0.3 is 11.1 Å². The van der Waals surface area contributed by atoms with E-state index in [2.05, 4.69) is 24.3 Å². The van der Waals surface area contributed by atoms with Gasteiger partial charge in [0, 0.05) is 29.8 Å². The number of benzene rings is 1. The first kappa shape index (κ1) is 11.5. The molecular formula is C13H18N4. The summed E-state index contributed by atoms with van der Waals surface area (Å²) in [5.41, 5.74) is 8.85. The molecule has 0 bridgehead atoms. The Bertz CT molecular complexity index is 476. The minimum atomic E-state index is 0.301. The van der Waals surface area contributed by atoms with Crippen LogP contribution >= 0.6 is 0 Å². The first-order valence-electron chi connectivity index (χ1n) is 5.75. The Morgan fingerprint density at radius 3 is 3.00 bits per heavy atom. The molecule has 0 aliphatic heterocycles. The predicted molar refractivity (Wildman–Crippen MR) is 70.9 cm³/mol. The average molecular weight is 230 g/mol. The van der Waals surface area contributed by atoms with Crippen molar-refractivity contribution in [3.63, 3.8) is 0 Å². The smallest absolute Gasteiger partial charge is 0.0608 e. The maximum Gasteiger partial charge on any atom is 0.0608 e. The van der Waals surface area contributed by atoms with E-state index in [4.69, 9.17) is 5.73 Å². The number of hydrogen-bond donors (Lipinski definition) is 2. The summed E-state index contributed by atoms with van der Waals surface area (Å²) in [6, 6.07) is 8.14. The monoisotopic (exact) mass is 230 g/mol. The Kier molecular flexibility index (Phi) is 3.32. The normalized spacial score (nSPS) is 12.4. The molecule has 4 nitrogen and oxygen atoms in total. The summed E-state index contributed by atoms with van der Waals surface area (Å²) in [6.45, 7) is 5.04. The molecule has 90 valence electrons. The van der Waals surface area contributed by atoms with Crippen LogP contribution in [0, 0.1) is 6.92 Å². The molecule has 1 aromatic carbocycles. The lowest BCUT2D eigenvalue weighted by Gasteiger charge is -2.17. The molecule has 1 heterocycles. The molecule has 0 amide bonds. The number of anilines is 2. The summed E-state index contributed by atoms with van der Waals surface area (Å²) in [5.74, 6) is 0. The van der Waals surface area contributed by atoms with E-state index in [1.165, 1.54) is 5.56 Å². The second kappa shape index (κ2) is 4.91. The van der Waals surface area contributed by atoms with Gasteiger partial charge in [-0.1, -0.05) is 6.07 Å². The second-order valence-electron chi connectivity index (χ2n) is 4.35. The molecule has 2 rings (SSSR count). The molecule has 17 heavy (non-hydrogen) atoms. The van der Waals surface area contributed by atoms with Crippen LogP contribution in [-0.2, 0) is 6.54 Å². The number of aryl methyl sites for hydroxylation is 1. The van der Waals surface area contributed by atoms with Crippen LogP contribution in [0.1, 0.15) is 12.5 Å². The molecule has 0 aliphatic carbocycles. The first-order valence-corrected chi connectivity index (χ1v) is 5.75. The fraction of sp³-hybridized carbons (Fsp3) is 0.308. The van der Waals surface area contributed by atoms with Gasteiger partial charge in [-0.15, -0.1) is 0 Å². The van der Waals surface area contributed by atoms with E-state index in [9.17, 15) is 0 Å². The van der Waals surface area contributed by atoms with Crippen molar-refractivity contribution in [1.82, 2.24) is 9.78 Å². The number of rotatable bonds is 4. The third-order valence-electron chi connectivity index (χ3n) is 2.68. The van der Waals surface area contributed by atoms with Crippen molar-refractivity contribution in [2.45, 2.75) is 26.4 Å². The van der Waals surface area contributed by atoms with Gasteiger partial charge in [0.2, 0.25) is 0 Å². The Hall–Kier alpha value is -1.97. The maximum atomic E-state index is 5.78.